The highest BCUT2D eigenvalue weighted by Gasteiger charge is 2.19. The molecule has 0 saturated heterocycles. The third-order valence-electron chi connectivity index (χ3n) is 2.37. The van der Waals surface area contributed by atoms with Crippen LogP contribution in [0.5, 0.6) is 0 Å². The average molecular weight is 198 g/mol. The van der Waals surface area contributed by atoms with Crippen molar-refractivity contribution in [3.05, 3.63) is 11.7 Å². The number of aromatic nitrogens is 2. The molecular weight excluding hydrogens is 180 g/mol. The van der Waals surface area contributed by atoms with Crippen LogP contribution in [0.3, 0.4) is 0 Å². The normalized spacial score (nSPS) is 12.0. The Bertz CT molecular complexity index is 281. The number of methoxy groups -OCH3 is 1. The van der Waals surface area contributed by atoms with Crippen molar-refractivity contribution in [2.75, 3.05) is 7.11 Å². The van der Waals surface area contributed by atoms with Crippen LogP contribution in [-0.4, -0.2) is 17.3 Å². The van der Waals surface area contributed by atoms with Crippen molar-refractivity contribution in [2.24, 2.45) is 5.41 Å². The van der Waals surface area contributed by atoms with Gasteiger partial charge in [-0.25, -0.2) is 0 Å². The smallest absolute Gasteiger partial charge is 0.227 e. The van der Waals surface area contributed by atoms with E-state index >= 15 is 0 Å². The predicted octanol–water partition coefficient (Wildman–Crippen LogP) is 2.19. The third kappa shape index (κ3) is 3.10. The van der Waals surface area contributed by atoms with Crippen LogP contribution in [0.1, 0.15) is 38.9 Å². The summed E-state index contributed by atoms with van der Waals surface area (Å²) in [6.07, 6.45) is 1.91. The summed E-state index contributed by atoms with van der Waals surface area (Å²) in [4.78, 5) is 4.23. The Labute approximate surface area is 84.6 Å². The molecule has 0 atom stereocenters. The Hall–Kier alpha value is -0.900. The molecule has 0 bridgehead atoms. The molecule has 0 aromatic carbocycles. The van der Waals surface area contributed by atoms with Gasteiger partial charge in [0.25, 0.3) is 0 Å². The molecule has 0 aliphatic rings. The molecule has 4 nitrogen and oxygen atoms in total. The Morgan fingerprint density at radius 2 is 2.14 bits per heavy atom. The lowest BCUT2D eigenvalue weighted by Crippen LogP contribution is -2.13. The van der Waals surface area contributed by atoms with Crippen LogP contribution in [0.25, 0.3) is 0 Å². The van der Waals surface area contributed by atoms with Crippen LogP contribution >= 0.6 is 0 Å². The van der Waals surface area contributed by atoms with Crippen molar-refractivity contribution < 1.29 is 9.26 Å². The highest BCUT2D eigenvalue weighted by Crippen LogP contribution is 2.24. The second-order valence-corrected chi connectivity index (χ2v) is 4.23. The topological polar surface area (TPSA) is 48.2 Å². The molecule has 0 amide bonds. The van der Waals surface area contributed by atoms with Gasteiger partial charge in [-0.3, -0.25) is 0 Å². The van der Waals surface area contributed by atoms with E-state index < -0.39 is 0 Å². The SMILES string of the molecule is CCC(C)(C)Cc1nc(COC)no1. The second-order valence-electron chi connectivity index (χ2n) is 4.23. The minimum absolute atomic E-state index is 0.219. The predicted molar refractivity (Wildman–Crippen MR) is 52.8 cm³/mol. The van der Waals surface area contributed by atoms with Crippen molar-refractivity contribution in [3.8, 4) is 0 Å². The zero-order chi connectivity index (χ0) is 10.6. The standard InChI is InChI=1S/C10H18N2O2/c1-5-10(2,3)6-9-11-8(7-13-4)12-14-9/h5-7H2,1-4H3. The largest absolute Gasteiger partial charge is 0.377 e. The molecule has 0 aliphatic carbocycles. The van der Waals surface area contributed by atoms with Gasteiger partial charge in [-0.2, -0.15) is 4.98 Å². The van der Waals surface area contributed by atoms with Gasteiger partial charge in [0, 0.05) is 13.5 Å². The Balaban J connectivity index is 2.59. The van der Waals surface area contributed by atoms with E-state index in [2.05, 4.69) is 30.9 Å². The van der Waals surface area contributed by atoms with Crippen LogP contribution in [-0.2, 0) is 17.8 Å². The minimum atomic E-state index is 0.219. The zero-order valence-corrected chi connectivity index (χ0v) is 9.33. The summed E-state index contributed by atoms with van der Waals surface area (Å²) < 4.78 is 10.0. The van der Waals surface area contributed by atoms with Crippen LogP contribution in [0.4, 0.5) is 0 Å². The molecule has 0 unspecified atom stereocenters. The number of ether oxygens (including phenoxy) is 1. The van der Waals surface area contributed by atoms with Crippen molar-refractivity contribution in [2.45, 2.75) is 40.2 Å². The molecular formula is C10H18N2O2. The zero-order valence-electron chi connectivity index (χ0n) is 9.33. The molecule has 1 aromatic rings. The third-order valence-corrected chi connectivity index (χ3v) is 2.37. The Kier molecular flexibility index (Phi) is 3.63. The highest BCUT2D eigenvalue weighted by molar-refractivity contribution is 4.88. The first-order valence-corrected chi connectivity index (χ1v) is 4.88. The van der Waals surface area contributed by atoms with Crippen LogP contribution in [0.2, 0.25) is 0 Å². The van der Waals surface area contributed by atoms with E-state index in [1.165, 1.54) is 0 Å². The maximum absolute atomic E-state index is 5.11. The molecule has 4 heteroatoms. The van der Waals surface area contributed by atoms with Crippen LogP contribution in [0.15, 0.2) is 4.52 Å². The number of hydrogen-bond donors (Lipinski definition) is 0. The van der Waals surface area contributed by atoms with Crippen molar-refractivity contribution in [1.82, 2.24) is 10.1 Å². The van der Waals surface area contributed by atoms with Crippen molar-refractivity contribution in [1.29, 1.82) is 0 Å². The van der Waals surface area contributed by atoms with Crippen molar-refractivity contribution >= 4 is 0 Å². The van der Waals surface area contributed by atoms with Crippen LogP contribution < -0.4 is 0 Å². The Morgan fingerprint density at radius 3 is 2.71 bits per heavy atom. The highest BCUT2D eigenvalue weighted by atomic mass is 16.5. The van der Waals surface area contributed by atoms with Gasteiger partial charge in [-0.1, -0.05) is 32.3 Å². The molecule has 1 aromatic heterocycles. The van der Waals surface area contributed by atoms with E-state index in [1.807, 2.05) is 0 Å². The first-order chi connectivity index (χ1) is 6.57. The van der Waals surface area contributed by atoms with E-state index in [4.69, 9.17) is 9.26 Å². The molecule has 1 heterocycles. The fourth-order valence-corrected chi connectivity index (χ4v) is 1.08. The molecule has 0 fully saturated rings. The molecule has 80 valence electrons. The minimum Gasteiger partial charge on any atom is -0.377 e. The lowest BCUT2D eigenvalue weighted by atomic mass is 9.87. The lowest BCUT2D eigenvalue weighted by Gasteiger charge is -2.19. The number of nitrogens with zero attached hydrogens (tertiary/aromatic N) is 2. The summed E-state index contributed by atoms with van der Waals surface area (Å²) >= 11 is 0. The van der Waals surface area contributed by atoms with Gasteiger partial charge in [0.2, 0.25) is 5.89 Å². The summed E-state index contributed by atoms with van der Waals surface area (Å²) in [5, 5.41) is 3.81. The molecule has 0 spiro atoms. The van der Waals surface area contributed by atoms with E-state index in [0.717, 1.165) is 12.8 Å². The van der Waals surface area contributed by atoms with Crippen LogP contribution in [0, 0.1) is 5.41 Å². The first kappa shape index (κ1) is 11.2. The fourth-order valence-electron chi connectivity index (χ4n) is 1.08. The van der Waals surface area contributed by atoms with E-state index in [1.54, 1.807) is 7.11 Å². The maximum Gasteiger partial charge on any atom is 0.227 e. The second kappa shape index (κ2) is 4.55. The summed E-state index contributed by atoms with van der Waals surface area (Å²) in [6, 6.07) is 0. The molecule has 14 heavy (non-hydrogen) atoms. The first-order valence-electron chi connectivity index (χ1n) is 4.88. The molecule has 0 saturated carbocycles. The molecule has 1 rings (SSSR count). The van der Waals surface area contributed by atoms with Crippen molar-refractivity contribution in [3.63, 3.8) is 0 Å². The van der Waals surface area contributed by atoms with Gasteiger partial charge in [0.05, 0.1) is 0 Å². The van der Waals surface area contributed by atoms with E-state index in [9.17, 15) is 0 Å². The number of rotatable bonds is 5. The summed E-state index contributed by atoms with van der Waals surface area (Å²) in [6.45, 7) is 6.95. The monoisotopic (exact) mass is 198 g/mol. The van der Waals surface area contributed by atoms with Gasteiger partial charge in [-0.05, 0) is 5.41 Å². The summed E-state index contributed by atoms with van der Waals surface area (Å²) in [5.74, 6) is 1.32. The average Bonchev–Trinajstić information content (AvgIpc) is 2.53. The Morgan fingerprint density at radius 1 is 1.43 bits per heavy atom. The van der Waals surface area contributed by atoms with Gasteiger partial charge in [0.15, 0.2) is 5.82 Å². The van der Waals surface area contributed by atoms with Gasteiger partial charge in [-0.15, -0.1) is 0 Å². The lowest BCUT2D eigenvalue weighted by molar-refractivity contribution is 0.174. The van der Waals surface area contributed by atoms with Gasteiger partial charge in [0.1, 0.15) is 6.61 Å². The van der Waals surface area contributed by atoms with Gasteiger partial charge < -0.3 is 9.26 Å². The molecule has 0 N–H and O–H groups in total. The van der Waals surface area contributed by atoms with E-state index in [-0.39, 0.29) is 5.41 Å². The quantitative estimate of drug-likeness (QED) is 0.727. The molecule has 0 aliphatic heterocycles. The summed E-state index contributed by atoms with van der Waals surface area (Å²) in [5.41, 5.74) is 0.219. The van der Waals surface area contributed by atoms with Gasteiger partial charge >= 0.3 is 0 Å². The summed E-state index contributed by atoms with van der Waals surface area (Å²) in [7, 11) is 1.62. The van der Waals surface area contributed by atoms with E-state index in [0.29, 0.717) is 18.3 Å². The number of hydrogen-bond acceptors (Lipinski definition) is 4. The maximum atomic E-state index is 5.11. The fraction of sp³-hybridized carbons (Fsp3) is 0.800. The molecule has 0 radical (unpaired) electrons.